The molecule has 0 fully saturated rings. The third-order valence-corrected chi connectivity index (χ3v) is 5.17. The third-order valence-electron chi connectivity index (χ3n) is 5.17. The van der Waals surface area contributed by atoms with E-state index in [0.29, 0.717) is 17.0 Å². The molecule has 0 saturated carbocycles. The van der Waals surface area contributed by atoms with Crippen LogP contribution < -0.4 is 0 Å². The molecule has 1 aliphatic carbocycles. The van der Waals surface area contributed by atoms with Crippen LogP contribution in [0.2, 0.25) is 0 Å². The quantitative estimate of drug-likeness (QED) is 0.396. The van der Waals surface area contributed by atoms with Crippen LogP contribution in [0.1, 0.15) is 105 Å². The lowest BCUT2D eigenvalue weighted by molar-refractivity contribution is 0.0382. The molecule has 1 atom stereocenters. The van der Waals surface area contributed by atoms with E-state index in [1.54, 1.807) is 6.07 Å². The van der Waals surface area contributed by atoms with E-state index in [1.165, 1.54) is 44.3 Å². The Morgan fingerprint density at radius 1 is 0.852 bits per heavy atom. The van der Waals surface area contributed by atoms with Gasteiger partial charge in [0.25, 0.3) is 0 Å². The second-order valence-electron chi connectivity index (χ2n) is 7.97. The first-order chi connectivity index (χ1) is 13.0. The minimum atomic E-state index is -0.0932. The fraction of sp³-hybridized carbons (Fsp3) is 0.583. The molecule has 0 aliphatic heterocycles. The number of hydrogen-bond donors (Lipinski definition) is 0. The van der Waals surface area contributed by atoms with Crippen molar-refractivity contribution >= 4 is 11.6 Å². The van der Waals surface area contributed by atoms with Crippen LogP contribution in [0.5, 0.6) is 0 Å². The number of allylic oxidation sites excluding steroid dienone is 2. The summed E-state index contributed by atoms with van der Waals surface area (Å²) in [6.45, 7) is 7.35. The molecular formula is C24H34O3. The summed E-state index contributed by atoms with van der Waals surface area (Å²) in [5, 5.41) is 0. The maximum absolute atomic E-state index is 12.2. The van der Waals surface area contributed by atoms with Crippen molar-refractivity contribution < 1.29 is 14.3 Å². The maximum Gasteiger partial charge on any atom is 0.186 e. The number of rotatable bonds is 12. The largest absolute Gasteiger partial charge is 0.374 e. The molecule has 0 saturated heterocycles. The molecule has 0 N–H and O–H groups in total. The summed E-state index contributed by atoms with van der Waals surface area (Å²) in [4.78, 5) is 24.2. The Morgan fingerprint density at radius 2 is 1.52 bits per heavy atom. The lowest BCUT2D eigenvalue weighted by Crippen LogP contribution is -2.14. The fourth-order valence-corrected chi connectivity index (χ4v) is 3.41. The Bertz CT molecular complexity index is 658. The van der Waals surface area contributed by atoms with E-state index >= 15 is 0 Å². The van der Waals surface area contributed by atoms with Crippen LogP contribution in [-0.4, -0.2) is 18.2 Å². The standard InChI is InChI=1S/C24H34O3/c1-4-5-6-7-8-9-10-24(27-16-15-18(2)3)19-11-12-20-21(17-19)23(26)14-13-22(20)25/h11-14,17-18,24H,4-10,15-16H2,1-3H3. The summed E-state index contributed by atoms with van der Waals surface area (Å²) >= 11 is 0. The molecule has 0 radical (unpaired) electrons. The van der Waals surface area contributed by atoms with Crippen LogP contribution >= 0.6 is 0 Å². The van der Waals surface area contributed by atoms with E-state index in [9.17, 15) is 9.59 Å². The Morgan fingerprint density at radius 3 is 2.22 bits per heavy atom. The summed E-state index contributed by atoms with van der Waals surface area (Å²) in [6, 6.07) is 5.62. The molecule has 2 rings (SSSR count). The number of carbonyl (C=O) groups excluding carboxylic acids is 2. The van der Waals surface area contributed by atoms with E-state index in [0.717, 1.165) is 31.4 Å². The molecule has 0 heterocycles. The van der Waals surface area contributed by atoms with E-state index in [-0.39, 0.29) is 17.7 Å². The van der Waals surface area contributed by atoms with Crippen molar-refractivity contribution in [2.24, 2.45) is 5.92 Å². The van der Waals surface area contributed by atoms with Crippen LogP contribution in [0.25, 0.3) is 0 Å². The molecule has 3 nitrogen and oxygen atoms in total. The van der Waals surface area contributed by atoms with E-state index in [1.807, 2.05) is 12.1 Å². The number of unbranched alkanes of at least 4 members (excludes halogenated alkanes) is 5. The minimum absolute atomic E-state index is 0.00552. The SMILES string of the molecule is CCCCCCCCC(OCCC(C)C)c1ccc2c(c1)C(=O)C=CC2=O. The number of benzene rings is 1. The van der Waals surface area contributed by atoms with Crippen molar-refractivity contribution in [2.75, 3.05) is 6.61 Å². The second-order valence-corrected chi connectivity index (χ2v) is 7.97. The first-order valence-corrected chi connectivity index (χ1v) is 10.5. The number of ketones is 2. The average Bonchev–Trinajstić information content (AvgIpc) is 2.65. The number of hydrogen-bond acceptors (Lipinski definition) is 3. The van der Waals surface area contributed by atoms with Gasteiger partial charge in [0.2, 0.25) is 0 Å². The molecule has 3 heteroatoms. The lowest BCUT2D eigenvalue weighted by Gasteiger charge is -2.21. The molecular weight excluding hydrogens is 336 g/mol. The minimum Gasteiger partial charge on any atom is -0.374 e. The summed E-state index contributed by atoms with van der Waals surface area (Å²) in [5.74, 6) is 0.420. The molecule has 27 heavy (non-hydrogen) atoms. The first kappa shape index (κ1) is 21.6. The van der Waals surface area contributed by atoms with E-state index < -0.39 is 0 Å². The predicted molar refractivity (Wildman–Crippen MR) is 110 cm³/mol. The molecule has 1 aliphatic rings. The number of ether oxygens (including phenoxy) is 1. The van der Waals surface area contributed by atoms with E-state index in [2.05, 4.69) is 20.8 Å². The monoisotopic (exact) mass is 370 g/mol. The summed E-state index contributed by atoms with van der Waals surface area (Å²) in [6.07, 6.45) is 12.2. The third kappa shape index (κ3) is 6.73. The highest BCUT2D eigenvalue weighted by molar-refractivity contribution is 6.22. The fourth-order valence-electron chi connectivity index (χ4n) is 3.41. The van der Waals surface area contributed by atoms with Crippen molar-refractivity contribution in [1.82, 2.24) is 0 Å². The summed E-state index contributed by atoms with van der Waals surface area (Å²) in [7, 11) is 0. The van der Waals surface area contributed by atoms with Gasteiger partial charge >= 0.3 is 0 Å². The number of fused-ring (bicyclic) bond motifs is 1. The van der Waals surface area contributed by atoms with Crippen molar-refractivity contribution in [3.8, 4) is 0 Å². The highest BCUT2D eigenvalue weighted by Crippen LogP contribution is 2.28. The zero-order valence-electron chi connectivity index (χ0n) is 17.1. The van der Waals surface area contributed by atoms with Gasteiger partial charge in [-0.1, -0.05) is 65.4 Å². The molecule has 1 unspecified atom stereocenters. The van der Waals surface area contributed by atoms with Gasteiger partial charge < -0.3 is 4.74 Å². The molecule has 0 bridgehead atoms. The number of carbonyl (C=O) groups is 2. The summed E-state index contributed by atoms with van der Waals surface area (Å²) in [5.41, 5.74) is 2.04. The summed E-state index contributed by atoms with van der Waals surface area (Å²) < 4.78 is 6.21. The zero-order chi connectivity index (χ0) is 19.6. The van der Waals surface area contributed by atoms with Gasteiger partial charge in [-0.05, 0) is 48.6 Å². The Labute approximate surface area is 164 Å². The molecule has 0 spiro atoms. The highest BCUT2D eigenvalue weighted by Gasteiger charge is 2.21. The van der Waals surface area contributed by atoms with Crippen LogP contribution in [0.3, 0.4) is 0 Å². The Balaban J connectivity index is 2.04. The van der Waals surface area contributed by atoms with Gasteiger partial charge in [-0.2, -0.15) is 0 Å². The van der Waals surface area contributed by atoms with Crippen LogP contribution in [0.4, 0.5) is 0 Å². The smallest absolute Gasteiger partial charge is 0.186 e. The van der Waals surface area contributed by atoms with Gasteiger partial charge in [-0.15, -0.1) is 0 Å². The van der Waals surface area contributed by atoms with Gasteiger partial charge in [0.1, 0.15) is 0 Å². The van der Waals surface area contributed by atoms with Gasteiger partial charge in [-0.3, -0.25) is 9.59 Å². The molecule has 1 aromatic carbocycles. The van der Waals surface area contributed by atoms with E-state index in [4.69, 9.17) is 4.74 Å². The second kappa shape index (κ2) is 11.2. The van der Waals surface area contributed by atoms with Gasteiger partial charge in [-0.25, -0.2) is 0 Å². The molecule has 1 aromatic rings. The Hall–Kier alpha value is -1.74. The van der Waals surface area contributed by atoms with Crippen LogP contribution in [-0.2, 0) is 4.74 Å². The van der Waals surface area contributed by atoms with Gasteiger partial charge in [0.05, 0.1) is 6.10 Å². The highest BCUT2D eigenvalue weighted by atomic mass is 16.5. The zero-order valence-corrected chi connectivity index (χ0v) is 17.1. The molecule has 0 amide bonds. The van der Waals surface area contributed by atoms with Gasteiger partial charge in [0, 0.05) is 17.7 Å². The Kier molecular flexibility index (Phi) is 8.93. The maximum atomic E-state index is 12.2. The molecule has 148 valence electrons. The predicted octanol–water partition coefficient (Wildman–Crippen LogP) is 6.48. The van der Waals surface area contributed by atoms with Crippen molar-refractivity contribution in [1.29, 1.82) is 0 Å². The average molecular weight is 371 g/mol. The van der Waals surface area contributed by atoms with Crippen molar-refractivity contribution in [2.45, 2.75) is 78.2 Å². The lowest BCUT2D eigenvalue weighted by atomic mass is 9.91. The van der Waals surface area contributed by atoms with Crippen LogP contribution in [0, 0.1) is 5.92 Å². The van der Waals surface area contributed by atoms with Gasteiger partial charge in [0.15, 0.2) is 11.6 Å². The normalized spacial score (nSPS) is 14.7. The van der Waals surface area contributed by atoms with Crippen molar-refractivity contribution in [3.63, 3.8) is 0 Å². The topological polar surface area (TPSA) is 43.4 Å². The van der Waals surface area contributed by atoms with Crippen molar-refractivity contribution in [3.05, 3.63) is 47.0 Å². The first-order valence-electron chi connectivity index (χ1n) is 10.5. The molecule has 0 aromatic heterocycles. The van der Waals surface area contributed by atoms with Crippen LogP contribution in [0.15, 0.2) is 30.4 Å².